The zero-order valence-electron chi connectivity index (χ0n) is 16.5. The first kappa shape index (κ1) is 19.9. The van der Waals surface area contributed by atoms with Crippen LogP contribution in [0.4, 0.5) is 20.3 Å². The number of amidine groups is 1. The molecule has 2 aliphatic heterocycles. The highest BCUT2D eigenvalue weighted by atomic mass is 19.3. The van der Waals surface area contributed by atoms with Crippen molar-refractivity contribution in [1.82, 2.24) is 9.55 Å². The first-order valence-electron chi connectivity index (χ1n) is 9.43. The Kier molecular flexibility index (Phi) is 4.96. The van der Waals surface area contributed by atoms with Crippen LogP contribution in [0.25, 0.3) is 11.4 Å². The van der Waals surface area contributed by atoms with E-state index in [1.807, 2.05) is 10.6 Å². The van der Waals surface area contributed by atoms with Crippen molar-refractivity contribution in [1.29, 1.82) is 5.41 Å². The maximum absolute atomic E-state index is 13.4. The second-order valence-electron chi connectivity index (χ2n) is 7.22. The number of carbonyl (C=O) groups excluding carboxylic acids is 1. The van der Waals surface area contributed by atoms with Crippen LogP contribution in [-0.2, 0) is 16.1 Å². The van der Waals surface area contributed by atoms with Gasteiger partial charge in [-0.2, -0.15) is 0 Å². The highest BCUT2D eigenvalue weighted by Gasteiger charge is 2.40. The summed E-state index contributed by atoms with van der Waals surface area (Å²) in [7, 11) is 1.76. The van der Waals surface area contributed by atoms with E-state index in [1.54, 1.807) is 37.2 Å². The van der Waals surface area contributed by atoms with Crippen molar-refractivity contribution in [3.8, 4) is 17.1 Å². The molecule has 2 aromatic rings. The van der Waals surface area contributed by atoms with Gasteiger partial charge in [-0.15, -0.1) is 0 Å². The van der Waals surface area contributed by atoms with Crippen LogP contribution in [0.2, 0.25) is 0 Å². The zero-order valence-corrected chi connectivity index (χ0v) is 16.5. The maximum atomic E-state index is 13.4. The Morgan fingerprint density at radius 3 is 2.87 bits per heavy atom. The molecule has 4 rings (SSSR count). The fourth-order valence-electron chi connectivity index (χ4n) is 3.52. The average Bonchev–Trinajstić information content (AvgIpc) is 3.25. The Balaban J connectivity index is 1.71. The van der Waals surface area contributed by atoms with E-state index in [0.717, 1.165) is 10.6 Å². The van der Waals surface area contributed by atoms with Crippen molar-refractivity contribution < 1.29 is 23.0 Å². The van der Waals surface area contributed by atoms with Crippen LogP contribution < -0.4 is 20.3 Å². The number of hydrogen-bond acceptors (Lipinski definition) is 6. The molecule has 0 aliphatic carbocycles. The van der Waals surface area contributed by atoms with Gasteiger partial charge in [-0.05, 0) is 19.1 Å². The highest BCUT2D eigenvalue weighted by Crippen LogP contribution is 2.37. The van der Waals surface area contributed by atoms with Crippen LogP contribution in [0.15, 0.2) is 24.4 Å². The predicted octanol–water partition coefficient (Wildman–Crippen LogP) is 1.66. The van der Waals surface area contributed by atoms with Crippen molar-refractivity contribution in [3.63, 3.8) is 0 Å². The first-order valence-corrected chi connectivity index (χ1v) is 9.43. The zero-order chi connectivity index (χ0) is 21.6. The van der Waals surface area contributed by atoms with E-state index in [1.165, 1.54) is 0 Å². The molecule has 9 nitrogen and oxygen atoms in total. The molecule has 2 atom stereocenters. The van der Waals surface area contributed by atoms with Crippen molar-refractivity contribution in [3.05, 3.63) is 24.4 Å². The quantitative estimate of drug-likeness (QED) is 0.761. The number of primary amides is 1. The third-order valence-electron chi connectivity index (χ3n) is 5.44. The summed E-state index contributed by atoms with van der Waals surface area (Å²) in [4.78, 5) is 18.9. The lowest BCUT2D eigenvalue weighted by molar-refractivity contribution is -0.118. The lowest BCUT2D eigenvalue weighted by Crippen LogP contribution is -2.40. The van der Waals surface area contributed by atoms with Crippen LogP contribution >= 0.6 is 0 Å². The number of anilines is 2. The number of likely N-dealkylation sites (N-methyl/N-ethyl adjacent to an activating group) is 1. The number of imidazole rings is 1. The van der Waals surface area contributed by atoms with Gasteiger partial charge in [0.05, 0.1) is 12.1 Å². The molecule has 1 aromatic heterocycles. The Hall–Kier alpha value is -3.37. The summed E-state index contributed by atoms with van der Waals surface area (Å²) < 4.78 is 39.4. The van der Waals surface area contributed by atoms with Crippen LogP contribution in [-0.4, -0.2) is 60.3 Å². The summed E-state index contributed by atoms with van der Waals surface area (Å²) in [6.07, 6.45) is -1.04. The number of amides is 1. The van der Waals surface area contributed by atoms with Gasteiger partial charge in [-0.3, -0.25) is 15.1 Å². The van der Waals surface area contributed by atoms with Gasteiger partial charge in [0, 0.05) is 25.0 Å². The Morgan fingerprint density at radius 1 is 1.40 bits per heavy atom. The van der Waals surface area contributed by atoms with E-state index in [9.17, 15) is 13.6 Å². The Morgan fingerprint density at radius 2 is 2.17 bits per heavy atom. The molecule has 1 fully saturated rings. The van der Waals surface area contributed by atoms with E-state index in [4.69, 9.17) is 20.6 Å². The van der Waals surface area contributed by atoms with Gasteiger partial charge in [-0.25, -0.2) is 13.8 Å². The molecule has 1 saturated heterocycles. The molecule has 1 amide bonds. The molecule has 0 radical (unpaired) electrons. The van der Waals surface area contributed by atoms with E-state index >= 15 is 0 Å². The van der Waals surface area contributed by atoms with Crippen molar-refractivity contribution in [2.45, 2.75) is 32.0 Å². The van der Waals surface area contributed by atoms with Crippen LogP contribution in [0.1, 0.15) is 6.92 Å². The monoisotopic (exact) mass is 420 g/mol. The number of ether oxygens (including phenoxy) is 2. The minimum absolute atomic E-state index is 0.231. The molecule has 11 heteroatoms. The number of nitrogens with two attached hydrogens (primary N) is 1. The van der Waals surface area contributed by atoms with Crippen LogP contribution in [0.5, 0.6) is 5.75 Å². The van der Waals surface area contributed by atoms with Crippen molar-refractivity contribution in [2.24, 2.45) is 5.73 Å². The minimum Gasteiger partial charge on any atom is -0.491 e. The standard InChI is InChI=1S/C19H22F2N6O3/c1-10(17(22)28)25(2)11-3-4-12-14(7-11)29-6-5-26-8-15(24-18(12)26)27-13(16(20)21)9-30-19(27)23/h3-4,7-8,10,13,16,23H,5-6,9H2,1-2H3,(H2,22,28)/t10?,13-/m0/s1. The Bertz CT molecular complexity index is 995. The molecule has 1 unspecified atom stereocenters. The summed E-state index contributed by atoms with van der Waals surface area (Å²) in [5.74, 6) is 0.888. The third-order valence-corrected chi connectivity index (χ3v) is 5.44. The predicted molar refractivity (Wildman–Crippen MR) is 106 cm³/mol. The first-order chi connectivity index (χ1) is 14.3. The topological polar surface area (TPSA) is 110 Å². The number of nitrogens with zero attached hydrogens (tertiary/aromatic N) is 4. The van der Waals surface area contributed by atoms with Gasteiger partial charge in [0.25, 0.3) is 12.4 Å². The normalized spacial score (nSPS) is 18.9. The van der Waals surface area contributed by atoms with Gasteiger partial charge in [0.1, 0.15) is 36.9 Å². The number of fused-ring (bicyclic) bond motifs is 3. The summed E-state index contributed by atoms with van der Waals surface area (Å²) in [5.41, 5.74) is 6.82. The summed E-state index contributed by atoms with van der Waals surface area (Å²) >= 11 is 0. The number of nitrogens with one attached hydrogen (secondary N) is 1. The second kappa shape index (κ2) is 7.47. The number of benzene rings is 1. The van der Waals surface area contributed by atoms with Crippen LogP contribution in [0.3, 0.4) is 0 Å². The van der Waals surface area contributed by atoms with Crippen molar-refractivity contribution >= 4 is 23.4 Å². The molecular formula is C19H22F2N6O3. The number of rotatable bonds is 5. The van der Waals surface area contributed by atoms with Gasteiger partial charge >= 0.3 is 0 Å². The SMILES string of the molecule is CC(C(N)=O)N(C)c1ccc2c(c1)OCCn1cc(N3C(=N)OC[C@H]3C(F)F)nc1-2. The van der Waals surface area contributed by atoms with Gasteiger partial charge in [-0.1, -0.05) is 0 Å². The molecule has 0 saturated carbocycles. The lowest BCUT2D eigenvalue weighted by Gasteiger charge is -2.25. The number of aromatic nitrogens is 2. The molecule has 1 aromatic carbocycles. The second-order valence-corrected chi connectivity index (χ2v) is 7.22. The molecule has 3 N–H and O–H groups in total. The molecule has 160 valence electrons. The fourth-order valence-corrected chi connectivity index (χ4v) is 3.52. The van der Waals surface area contributed by atoms with E-state index in [0.29, 0.717) is 30.3 Å². The van der Waals surface area contributed by atoms with Gasteiger partial charge in [0.2, 0.25) is 5.91 Å². The van der Waals surface area contributed by atoms with E-state index in [-0.39, 0.29) is 18.4 Å². The van der Waals surface area contributed by atoms with E-state index < -0.39 is 24.4 Å². The number of halogens is 2. The molecule has 3 heterocycles. The number of alkyl halides is 2. The van der Waals surface area contributed by atoms with Crippen molar-refractivity contribution in [2.75, 3.05) is 30.1 Å². The minimum atomic E-state index is -2.67. The van der Waals surface area contributed by atoms with Gasteiger partial charge < -0.3 is 24.7 Å². The average molecular weight is 420 g/mol. The summed E-state index contributed by atoms with van der Waals surface area (Å²) in [6.45, 7) is 2.26. The molecular weight excluding hydrogens is 398 g/mol. The lowest BCUT2D eigenvalue weighted by atomic mass is 10.1. The number of hydrogen-bond donors (Lipinski definition) is 2. The Labute approximate surface area is 171 Å². The summed E-state index contributed by atoms with van der Waals surface area (Å²) in [5, 5.41) is 7.87. The van der Waals surface area contributed by atoms with Crippen LogP contribution in [0, 0.1) is 5.41 Å². The highest BCUT2D eigenvalue weighted by molar-refractivity contribution is 5.91. The molecule has 2 aliphatic rings. The largest absolute Gasteiger partial charge is 0.491 e. The smallest absolute Gasteiger partial charge is 0.290 e. The van der Waals surface area contributed by atoms with E-state index in [2.05, 4.69) is 4.98 Å². The maximum Gasteiger partial charge on any atom is 0.290 e. The molecule has 0 spiro atoms. The molecule has 30 heavy (non-hydrogen) atoms. The third kappa shape index (κ3) is 3.29. The molecule has 0 bridgehead atoms. The fraction of sp³-hybridized carbons (Fsp3) is 0.421. The summed E-state index contributed by atoms with van der Waals surface area (Å²) in [6, 6.07) is 3.31. The number of carbonyl (C=O) groups is 1. The van der Waals surface area contributed by atoms with Gasteiger partial charge in [0.15, 0.2) is 5.82 Å².